The van der Waals surface area contributed by atoms with E-state index in [1.807, 2.05) is 12.3 Å². The van der Waals surface area contributed by atoms with Gasteiger partial charge in [0.1, 0.15) is 10.8 Å². The normalized spacial score (nSPS) is 10.2. The standard InChI is InChI=1S/C16H15Cl2N3O5S/c1-9-8-27-15(19-9)5-13(22)20-21-14(23)6-26-16(24)7-25-12-3-2-10(17)4-11(12)18/h2-4,8H,5-7H2,1H3,(H,20,22)(H,21,23). The lowest BCUT2D eigenvalue weighted by Crippen LogP contribution is -2.44. The number of benzene rings is 1. The largest absolute Gasteiger partial charge is 0.480 e. The SMILES string of the molecule is Cc1csc(CC(=O)NNC(=O)COC(=O)COc2ccc(Cl)cc2Cl)n1. The maximum absolute atomic E-state index is 11.7. The van der Waals surface area contributed by atoms with Crippen molar-refractivity contribution in [3.8, 4) is 5.75 Å². The van der Waals surface area contributed by atoms with E-state index in [2.05, 4.69) is 15.8 Å². The molecular weight excluding hydrogens is 417 g/mol. The summed E-state index contributed by atoms with van der Waals surface area (Å²) < 4.78 is 9.92. The van der Waals surface area contributed by atoms with E-state index in [1.165, 1.54) is 23.5 Å². The van der Waals surface area contributed by atoms with Crippen LogP contribution in [0.3, 0.4) is 0 Å². The summed E-state index contributed by atoms with van der Waals surface area (Å²) in [6.45, 7) is 0.802. The predicted molar refractivity (Wildman–Crippen MR) is 99.8 cm³/mol. The Balaban J connectivity index is 1.64. The number of halogens is 2. The van der Waals surface area contributed by atoms with Gasteiger partial charge in [0, 0.05) is 16.1 Å². The summed E-state index contributed by atoms with van der Waals surface area (Å²) in [5.41, 5.74) is 5.17. The molecule has 11 heteroatoms. The number of esters is 1. The number of ether oxygens (including phenoxy) is 2. The van der Waals surface area contributed by atoms with Crippen LogP contribution in [0.5, 0.6) is 5.75 Å². The van der Waals surface area contributed by atoms with E-state index in [0.717, 1.165) is 5.69 Å². The van der Waals surface area contributed by atoms with Crippen molar-refractivity contribution < 1.29 is 23.9 Å². The maximum atomic E-state index is 11.7. The first-order valence-corrected chi connectivity index (χ1v) is 9.19. The molecule has 0 aliphatic carbocycles. The number of hydrogen-bond donors (Lipinski definition) is 2. The first kappa shape index (κ1) is 20.9. The van der Waals surface area contributed by atoms with E-state index in [1.54, 1.807) is 6.07 Å². The van der Waals surface area contributed by atoms with Gasteiger partial charge in [-0.25, -0.2) is 9.78 Å². The lowest BCUT2D eigenvalue weighted by Gasteiger charge is -2.09. The highest BCUT2D eigenvalue weighted by Crippen LogP contribution is 2.27. The van der Waals surface area contributed by atoms with Gasteiger partial charge < -0.3 is 9.47 Å². The van der Waals surface area contributed by atoms with Gasteiger partial charge >= 0.3 is 5.97 Å². The molecule has 8 nitrogen and oxygen atoms in total. The lowest BCUT2D eigenvalue weighted by molar-refractivity contribution is -0.150. The summed E-state index contributed by atoms with van der Waals surface area (Å²) in [5.74, 6) is -1.66. The van der Waals surface area contributed by atoms with E-state index < -0.39 is 31.0 Å². The summed E-state index contributed by atoms with van der Waals surface area (Å²) >= 11 is 13.0. The average Bonchev–Trinajstić information content (AvgIpc) is 3.02. The Morgan fingerprint density at radius 3 is 2.56 bits per heavy atom. The van der Waals surface area contributed by atoms with E-state index in [9.17, 15) is 14.4 Å². The Kier molecular flexibility index (Phi) is 7.83. The highest BCUT2D eigenvalue weighted by molar-refractivity contribution is 7.09. The second-order valence-corrected chi connectivity index (χ2v) is 6.97. The molecule has 2 aromatic rings. The second-order valence-electron chi connectivity index (χ2n) is 5.18. The molecule has 2 rings (SSSR count). The van der Waals surface area contributed by atoms with Crippen molar-refractivity contribution in [1.82, 2.24) is 15.8 Å². The minimum Gasteiger partial charge on any atom is -0.480 e. The molecule has 0 fully saturated rings. The molecule has 0 atom stereocenters. The van der Waals surface area contributed by atoms with Crippen molar-refractivity contribution >= 4 is 52.3 Å². The second kappa shape index (κ2) is 10.1. The molecule has 0 bridgehead atoms. The Labute approximate surface area is 168 Å². The maximum Gasteiger partial charge on any atom is 0.344 e. The highest BCUT2D eigenvalue weighted by Gasteiger charge is 2.12. The molecule has 2 amide bonds. The molecule has 1 aromatic carbocycles. The number of carbonyl (C=O) groups is 3. The molecule has 1 heterocycles. The minimum atomic E-state index is -0.777. The van der Waals surface area contributed by atoms with Gasteiger partial charge in [-0.2, -0.15) is 0 Å². The van der Waals surface area contributed by atoms with E-state index in [0.29, 0.717) is 10.0 Å². The smallest absolute Gasteiger partial charge is 0.344 e. The van der Waals surface area contributed by atoms with E-state index >= 15 is 0 Å². The first-order chi connectivity index (χ1) is 12.8. The molecule has 0 saturated carbocycles. The van der Waals surface area contributed by atoms with Crippen molar-refractivity contribution in [2.75, 3.05) is 13.2 Å². The fourth-order valence-corrected chi connectivity index (χ4v) is 2.99. The molecule has 0 saturated heterocycles. The van der Waals surface area contributed by atoms with Crippen molar-refractivity contribution in [1.29, 1.82) is 0 Å². The zero-order chi connectivity index (χ0) is 19.8. The zero-order valence-corrected chi connectivity index (χ0v) is 16.4. The molecule has 0 radical (unpaired) electrons. The molecule has 0 spiro atoms. The summed E-state index contributed by atoms with van der Waals surface area (Å²) in [4.78, 5) is 39.0. The topological polar surface area (TPSA) is 107 Å². The van der Waals surface area contributed by atoms with Crippen LogP contribution in [0, 0.1) is 6.92 Å². The van der Waals surface area contributed by atoms with Gasteiger partial charge in [0.25, 0.3) is 5.91 Å². The summed E-state index contributed by atoms with van der Waals surface area (Å²) in [6.07, 6.45) is 0.0360. The Bertz CT molecular complexity index is 843. The number of nitrogens with one attached hydrogen (secondary N) is 2. The molecule has 27 heavy (non-hydrogen) atoms. The number of hydrogen-bond acceptors (Lipinski definition) is 7. The third-order valence-electron chi connectivity index (χ3n) is 2.92. The molecular formula is C16H15Cl2N3O5S. The quantitative estimate of drug-likeness (QED) is 0.513. The fourth-order valence-electron chi connectivity index (χ4n) is 1.76. The minimum absolute atomic E-state index is 0.0360. The Hall–Kier alpha value is -2.36. The van der Waals surface area contributed by atoms with Crippen LogP contribution in [-0.2, 0) is 25.5 Å². The van der Waals surface area contributed by atoms with Crippen LogP contribution in [0.25, 0.3) is 0 Å². The van der Waals surface area contributed by atoms with Gasteiger partial charge in [-0.15, -0.1) is 11.3 Å². The monoisotopic (exact) mass is 431 g/mol. The molecule has 0 aliphatic heterocycles. The van der Waals surface area contributed by atoms with Crippen LogP contribution in [0.4, 0.5) is 0 Å². The molecule has 1 aromatic heterocycles. The summed E-state index contributed by atoms with van der Waals surface area (Å²) in [6, 6.07) is 4.52. The fraction of sp³-hybridized carbons (Fsp3) is 0.250. The van der Waals surface area contributed by atoms with Crippen LogP contribution in [0.15, 0.2) is 23.6 Å². The molecule has 144 valence electrons. The number of aromatic nitrogens is 1. The van der Waals surface area contributed by atoms with Crippen LogP contribution < -0.4 is 15.6 Å². The van der Waals surface area contributed by atoms with Gasteiger partial charge in [0.15, 0.2) is 13.2 Å². The Morgan fingerprint density at radius 1 is 1.15 bits per heavy atom. The lowest BCUT2D eigenvalue weighted by atomic mass is 10.3. The van der Waals surface area contributed by atoms with Crippen molar-refractivity contribution in [3.05, 3.63) is 44.3 Å². The van der Waals surface area contributed by atoms with Crippen molar-refractivity contribution in [2.24, 2.45) is 0 Å². The summed E-state index contributed by atoms with van der Waals surface area (Å²) in [7, 11) is 0. The number of nitrogens with zero attached hydrogens (tertiary/aromatic N) is 1. The number of carbonyl (C=O) groups excluding carboxylic acids is 3. The predicted octanol–water partition coefficient (Wildman–Crippen LogP) is 2.07. The average molecular weight is 432 g/mol. The summed E-state index contributed by atoms with van der Waals surface area (Å²) in [5, 5.41) is 3.12. The number of hydrazine groups is 1. The van der Waals surface area contributed by atoms with Crippen LogP contribution in [-0.4, -0.2) is 36.0 Å². The first-order valence-electron chi connectivity index (χ1n) is 7.55. The third-order valence-corrected chi connectivity index (χ3v) is 4.42. The highest BCUT2D eigenvalue weighted by atomic mass is 35.5. The molecule has 2 N–H and O–H groups in total. The van der Waals surface area contributed by atoms with Gasteiger partial charge in [-0.05, 0) is 25.1 Å². The van der Waals surface area contributed by atoms with Crippen molar-refractivity contribution in [3.63, 3.8) is 0 Å². The van der Waals surface area contributed by atoms with E-state index in [-0.39, 0.29) is 17.2 Å². The molecule has 0 unspecified atom stereocenters. The number of aryl methyl sites for hydroxylation is 1. The Morgan fingerprint density at radius 2 is 1.89 bits per heavy atom. The van der Waals surface area contributed by atoms with Crippen molar-refractivity contribution in [2.45, 2.75) is 13.3 Å². The zero-order valence-electron chi connectivity index (χ0n) is 14.1. The van der Waals surface area contributed by atoms with Gasteiger partial charge in [-0.1, -0.05) is 23.2 Å². The van der Waals surface area contributed by atoms with Gasteiger partial charge in [0.05, 0.1) is 11.4 Å². The van der Waals surface area contributed by atoms with Crippen LogP contribution in [0.2, 0.25) is 10.0 Å². The van der Waals surface area contributed by atoms with Crippen LogP contribution in [0.1, 0.15) is 10.7 Å². The van der Waals surface area contributed by atoms with Crippen LogP contribution >= 0.6 is 34.5 Å². The number of rotatable bonds is 7. The number of amides is 2. The molecule has 0 aliphatic rings. The van der Waals surface area contributed by atoms with E-state index in [4.69, 9.17) is 32.7 Å². The van der Waals surface area contributed by atoms with Gasteiger partial charge in [0.2, 0.25) is 5.91 Å². The number of thiazole rings is 1. The third kappa shape index (κ3) is 7.41. The van der Waals surface area contributed by atoms with Gasteiger partial charge in [-0.3, -0.25) is 20.4 Å².